The SMILES string of the molecule is CC(CCl)CCCNC(=O)c1ccc(O)cc1F. The highest BCUT2D eigenvalue weighted by Gasteiger charge is 2.11. The van der Waals surface area contributed by atoms with Gasteiger partial charge in [0.15, 0.2) is 0 Å². The number of carbonyl (C=O) groups excluding carboxylic acids is 1. The molecule has 18 heavy (non-hydrogen) atoms. The van der Waals surface area contributed by atoms with E-state index in [-0.39, 0.29) is 11.3 Å². The number of hydrogen-bond acceptors (Lipinski definition) is 2. The summed E-state index contributed by atoms with van der Waals surface area (Å²) in [6, 6.07) is 3.47. The van der Waals surface area contributed by atoms with E-state index in [1.165, 1.54) is 12.1 Å². The largest absolute Gasteiger partial charge is 0.508 e. The standard InChI is InChI=1S/C13H17ClFNO2/c1-9(8-14)3-2-6-16-13(18)11-5-4-10(17)7-12(11)15/h4-5,7,9,17H,2-3,6,8H2,1H3,(H,16,18). The summed E-state index contributed by atoms with van der Waals surface area (Å²) in [4.78, 5) is 11.6. The fraction of sp³-hybridized carbons (Fsp3) is 0.462. The van der Waals surface area contributed by atoms with Crippen LogP contribution in [0.1, 0.15) is 30.1 Å². The first-order valence-electron chi connectivity index (χ1n) is 5.87. The number of benzene rings is 1. The lowest BCUT2D eigenvalue weighted by Gasteiger charge is -2.08. The highest BCUT2D eigenvalue weighted by molar-refractivity contribution is 6.18. The van der Waals surface area contributed by atoms with Crippen LogP contribution in [-0.4, -0.2) is 23.4 Å². The quantitative estimate of drug-likeness (QED) is 0.618. The number of alkyl halides is 1. The van der Waals surface area contributed by atoms with Gasteiger partial charge in [0.25, 0.3) is 5.91 Å². The van der Waals surface area contributed by atoms with E-state index in [4.69, 9.17) is 16.7 Å². The fourth-order valence-corrected chi connectivity index (χ4v) is 1.67. The van der Waals surface area contributed by atoms with Gasteiger partial charge in [0.2, 0.25) is 0 Å². The minimum Gasteiger partial charge on any atom is -0.508 e. The van der Waals surface area contributed by atoms with Crippen molar-refractivity contribution in [2.75, 3.05) is 12.4 Å². The predicted molar refractivity (Wildman–Crippen MR) is 69.5 cm³/mol. The third-order valence-corrected chi connectivity index (χ3v) is 3.15. The van der Waals surface area contributed by atoms with Crippen molar-refractivity contribution in [3.05, 3.63) is 29.6 Å². The van der Waals surface area contributed by atoms with Gasteiger partial charge in [-0.3, -0.25) is 4.79 Å². The predicted octanol–water partition coefficient (Wildman–Crippen LogP) is 2.92. The summed E-state index contributed by atoms with van der Waals surface area (Å²) in [7, 11) is 0. The first-order chi connectivity index (χ1) is 8.54. The van der Waals surface area contributed by atoms with Crippen LogP contribution in [0.15, 0.2) is 18.2 Å². The molecule has 3 nitrogen and oxygen atoms in total. The molecular formula is C13H17ClFNO2. The molecule has 0 heterocycles. The van der Waals surface area contributed by atoms with E-state index in [1.807, 2.05) is 6.92 Å². The van der Waals surface area contributed by atoms with E-state index in [0.717, 1.165) is 18.9 Å². The van der Waals surface area contributed by atoms with Gasteiger partial charge < -0.3 is 10.4 Å². The number of rotatable bonds is 6. The van der Waals surface area contributed by atoms with Crippen molar-refractivity contribution in [1.29, 1.82) is 0 Å². The number of hydrogen-bond donors (Lipinski definition) is 2. The molecule has 0 saturated heterocycles. The van der Waals surface area contributed by atoms with E-state index in [2.05, 4.69) is 5.32 Å². The zero-order chi connectivity index (χ0) is 13.5. The first kappa shape index (κ1) is 14.8. The number of nitrogens with one attached hydrogen (secondary N) is 1. The van der Waals surface area contributed by atoms with Crippen molar-refractivity contribution in [3.8, 4) is 5.75 Å². The van der Waals surface area contributed by atoms with E-state index in [9.17, 15) is 9.18 Å². The molecule has 1 aromatic carbocycles. The zero-order valence-corrected chi connectivity index (χ0v) is 11.0. The Morgan fingerprint density at radius 2 is 2.28 bits per heavy atom. The second kappa shape index (κ2) is 7.21. The summed E-state index contributed by atoms with van der Waals surface area (Å²) < 4.78 is 13.4. The Labute approximate surface area is 111 Å². The van der Waals surface area contributed by atoms with Gasteiger partial charge in [-0.05, 0) is 30.9 Å². The molecule has 5 heteroatoms. The van der Waals surface area contributed by atoms with Crippen LogP contribution < -0.4 is 5.32 Å². The monoisotopic (exact) mass is 273 g/mol. The third-order valence-electron chi connectivity index (χ3n) is 2.62. The lowest BCUT2D eigenvalue weighted by Crippen LogP contribution is -2.25. The van der Waals surface area contributed by atoms with Gasteiger partial charge in [-0.15, -0.1) is 11.6 Å². The van der Waals surface area contributed by atoms with Gasteiger partial charge in [-0.25, -0.2) is 4.39 Å². The summed E-state index contributed by atoms with van der Waals surface area (Å²) in [6.45, 7) is 2.52. The molecule has 1 unspecified atom stereocenters. The molecule has 0 aliphatic heterocycles. The molecule has 2 N–H and O–H groups in total. The van der Waals surface area contributed by atoms with Crippen LogP contribution >= 0.6 is 11.6 Å². The number of phenols is 1. The van der Waals surface area contributed by atoms with Crippen molar-refractivity contribution in [2.24, 2.45) is 5.92 Å². The van der Waals surface area contributed by atoms with Crippen LogP contribution in [-0.2, 0) is 0 Å². The minimum absolute atomic E-state index is 0.0572. The first-order valence-corrected chi connectivity index (χ1v) is 6.40. The van der Waals surface area contributed by atoms with Crippen molar-refractivity contribution in [3.63, 3.8) is 0 Å². The molecule has 0 bridgehead atoms. The summed E-state index contributed by atoms with van der Waals surface area (Å²) in [5.74, 6) is -0.373. The minimum atomic E-state index is -0.721. The average Bonchev–Trinajstić information content (AvgIpc) is 2.34. The Hall–Kier alpha value is -1.29. The lowest BCUT2D eigenvalue weighted by atomic mass is 10.1. The van der Waals surface area contributed by atoms with Crippen molar-refractivity contribution < 1.29 is 14.3 Å². The maximum absolute atomic E-state index is 13.4. The van der Waals surface area contributed by atoms with E-state index in [0.29, 0.717) is 18.3 Å². The van der Waals surface area contributed by atoms with Crippen LogP contribution in [0.5, 0.6) is 5.75 Å². The molecule has 1 rings (SSSR count). The summed E-state index contributed by atoms with van der Waals surface area (Å²) in [6.07, 6.45) is 1.72. The van der Waals surface area contributed by atoms with E-state index >= 15 is 0 Å². The highest BCUT2D eigenvalue weighted by atomic mass is 35.5. The number of phenolic OH excluding ortho intramolecular Hbond substituents is 1. The topological polar surface area (TPSA) is 49.3 Å². The molecule has 1 amide bonds. The molecule has 0 fully saturated rings. The number of carbonyl (C=O) groups is 1. The van der Waals surface area contributed by atoms with Crippen molar-refractivity contribution >= 4 is 17.5 Å². The molecule has 0 aromatic heterocycles. The van der Waals surface area contributed by atoms with Gasteiger partial charge in [0.1, 0.15) is 11.6 Å². The Morgan fingerprint density at radius 3 is 2.89 bits per heavy atom. The van der Waals surface area contributed by atoms with Crippen molar-refractivity contribution in [2.45, 2.75) is 19.8 Å². The average molecular weight is 274 g/mol. The smallest absolute Gasteiger partial charge is 0.254 e. The molecule has 0 aliphatic carbocycles. The summed E-state index contributed by atoms with van der Waals surface area (Å²) in [5.41, 5.74) is -0.0572. The van der Waals surface area contributed by atoms with Crippen LogP contribution in [0.3, 0.4) is 0 Å². The van der Waals surface area contributed by atoms with Crippen molar-refractivity contribution in [1.82, 2.24) is 5.32 Å². The highest BCUT2D eigenvalue weighted by Crippen LogP contribution is 2.14. The van der Waals surface area contributed by atoms with Gasteiger partial charge in [0.05, 0.1) is 5.56 Å². The van der Waals surface area contributed by atoms with Crippen LogP contribution in [0.4, 0.5) is 4.39 Å². The molecule has 0 saturated carbocycles. The summed E-state index contributed by atoms with van der Waals surface area (Å²) >= 11 is 5.66. The maximum atomic E-state index is 13.4. The van der Waals surface area contributed by atoms with Gasteiger partial charge >= 0.3 is 0 Å². The summed E-state index contributed by atoms with van der Waals surface area (Å²) in [5, 5.41) is 11.7. The van der Waals surface area contributed by atoms with E-state index in [1.54, 1.807) is 0 Å². The van der Waals surface area contributed by atoms with Crippen LogP contribution in [0, 0.1) is 11.7 Å². The van der Waals surface area contributed by atoms with Gasteiger partial charge in [-0.1, -0.05) is 6.92 Å². The normalized spacial score (nSPS) is 12.2. The Bertz CT molecular complexity index is 412. The number of halogens is 2. The second-order valence-electron chi connectivity index (χ2n) is 4.32. The zero-order valence-electron chi connectivity index (χ0n) is 10.2. The fourth-order valence-electron chi connectivity index (χ4n) is 1.51. The van der Waals surface area contributed by atoms with Gasteiger partial charge in [0, 0.05) is 18.5 Å². The van der Waals surface area contributed by atoms with E-state index < -0.39 is 11.7 Å². The molecule has 100 valence electrons. The molecular weight excluding hydrogens is 257 g/mol. The Morgan fingerprint density at radius 1 is 1.56 bits per heavy atom. The molecule has 0 aliphatic rings. The van der Waals surface area contributed by atoms with Crippen LogP contribution in [0.25, 0.3) is 0 Å². The second-order valence-corrected chi connectivity index (χ2v) is 4.63. The molecule has 0 radical (unpaired) electrons. The maximum Gasteiger partial charge on any atom is 0.254 e. The Balaban J connectivity index is 2.41. The Kier molecular flexibility index (Phi) is 5.92. The lowest BCUT2D eigenvalue weighted by molar-refractivity contribution is 0.0948. The van der Waals surface area contributed by atoms with Gasteiger partial charge in [-0.2, -0.15) is 0 Å². The molecule has 1 atom stereocenters. The molecule has 1 aromatic rings. The molecule has 0 spiro atoms. The number of aromatic hydroxyl groups is 1. The third kappa shape index (κ3) is 4.53. The van der Waals surface area contributed by atoms with Crippen LogP contribution in [0.2, 0.25) is 0 Å². The number of amides is 1.